The van der Waals surface area contributed by atoms with Crippen molar-refractivity contribution in [2.75, 3.05) is 19.8 Å². The van der Waals surface area contributed by atoms with Crippen LogP contribution in [0, 0.1) is 5.41 Å². The van der Waals surface area contributed by atoms with Gasteiger partial charge in [-0.3, -0.25) is 9.59 Å². The number of rotatable bonds is 6. The standard InChI is InChI=1S/C15H28N2O3/c1-6-8-11-13(18)16-12(15(3,4)5)14(19)17(11)9-10-20-7-2/h11-12H,6-10H2,1-5H3,(H,16,18). The lowest BCUT2D eigenvalue weighted by atomic mass is 9.83. The number of carbonyl (C=O) groups is 2. The van der Waals surface area contributed by atoms with Crippen molar-refractivity contribution in [3.05, 3.63) is 0 Å². The van der Waals surface area contributed by atoms with E-state index < -0.39 is 6.04 Å². The Morgan fingerprint density at radius 3 is 2.40 bits per heavy atom. The molecule has 0 aromatic heterocycles. The molecule has 1 rings (SSSR count). The molecule has 1 aliphatic heterocycles. The van der Waals surface area contributed by atoms with E-state index in [4.69, 9.17) is 4.74 Å². The van der Waals surface area contributed by atoms with E-state index >= 15 is 0 Å². The number of hydrogen-bond acceptors (Lipinski definition) is 3. The fraction of sp³-hybridized carbons (Fsp3) is 0.867. The first-order valence-corrected chi connectivity index (χ1v) is 7.51. The minimum Gasteiger partial charge on any atom is -0.380 e. The lowest BCUT2D eigenvalue weighted by molar-refractivity contribution is -0.153. The predicted molar refractivity (Wildman–Crippen MR) is 78.3 cm³/mol. The molecular formula is C15H28N2O3. The number of nitrogens with one attached hydrogen (secondary N) is 1. The van der Waals surface area contributed by atoms with Crippen molar-refractivity contribution >= 4 is 11.8 Å². The molecule has 116 valence electrons. The Bertz CT molecular complexity index is 350. The monoisotopic (exact) mass is 284 g/mol. The van der Waals surface area contributed by atoms with E-state index in [0.717, 1.165) is 6.42 Å². The van der Waals surface area contributed by atoms with Gasteiger partial charge in [0.15, 0.2) is 0 Å². The molecule has 0 bridgehead atoms. The fourth-order valence-electron chi connectivity index (χ4n) is 2.48. The van der Waals surface area contributed by atoms with Crippen LogP contribution in [0.5, 0.6) is 0 Å². The largest absolute Gasteiger partial charge is 0.380 e. The molecule has 2 amide bonds. The lowest BCUT2D eigenvalue weighted by Gasteiger charge is -2.43. The third kappa shape index (κ3) is 3.95. The number of nitrogens with zero attached hydrogens (tertiary/aromatic N) is 1. The van der Waals surface area contributed by atoms with Crippen molar-refractivity contribution in [1.82, 2.24) is 10.2 Å². The van der Waals surface area contributed by atoms with Gasteiger partial charge in [-0.25, -0.2) is 0 Å². The number of amides is 2. The molecular weight excluding hydrogens is 256 g/mol. The quantitative estimate of drug-likeness (QED) is 0.753. The van der Waals surface area contributed by atoms with Crippen LogP contribution < -0.4 is 5.32 Å². The second kappa shape index (κ2) is 7.07. The second-order valence-corrected chi connectivity index (χ2v) is 6.34. The summed E-state index contributed by atoms with van der Waals surface area (Å²) in [7, 11) is 0. The summed E-state index contributed by atoms with van der Waals surface area (Å²) in [4.78, 5) is 26.6. The van der Waals surface area contributed by atoms with Gasteiger partial charge in [-0.2, -0.15) is 0 Å². The Morgan fingerprint density at radius 1 is 1.25 bits per heavy atom. The second-order valence-electron chi connectivity index (χ2n) is 6.34. The summed E-state index contributed by atoms with van der Waals surface area (Å²) >= 11 is 0. The van der Waals surface area contributed by atoms with Crippen LogP contribution >= 0.6 is 0 Å². The first kappa shape index (κ1) is 17.0. The molecule has 0 aromatic rings. The van der Waals surface area contributed by atoms with Gasteiger partial charge in [-0.1, -0.05) is 34.1 Å². The highest BCUT2D eigenvalue weighted by atomic mass is 16.5. The number of piperazine rings is 1. The van der Waals surface area contributed by atoms with Crippen LogP contribution in [0.25, 0.3) is 0 Å². The maximum absolute atomic E-state index is 12.7. The van der Waals surface area contributed by atoms with Gasteiger partial charge in [0.05, 0.1) is 6.61 Å². The smallest absolute Gasteiger partial charge is 0.246 e. The third-order valence-corrected chi connectivity index (χ3v) is 3.60. The zero-order valence-corrected chi connectivity index (χ0v) is 13.4. The van der Waals surface area contributed by atoms with Crippen LogP contribution in [-0.2, 0) is 14.3 Å². The van der Waals surface area contributed by atoms with E-state index in [1.165, 1.54) is 0 Å². The van der Waals surface area contributed by atoms with Gasteiger partial charge in [-0.05, 0) is 18.8 Å². The van der Waals surface area contributed by atoms with Crippen molar-refractivity contribution in [2.24, 2.45) is 5.41 Å². The van der Waals surface area contributed by atoms with Crippen molar-refractivity contribution < 1.29 is 14.3 Å². The van der Waals surface area contributed by atoms with E-state index in [1.807, 2.05) is 34.6 Å². The normalized spacial score (nSPS) is 23.9. The summed E-state index contributed by atoms with van der Waals surface area (Å²) in [5.41, 5.74) is -0.284. The van der Waals surface area contributed by atoms with Crippen LogP contribution in [0.4, 0.5) is 0 Å². The Labute approximate surface area is 122 Å². The van der Waals surface area contributed by atoms with Gasteiger partial charge >= 0.3 is 0 Å². The van der Waals surface area contributed by atoms with Crippen molar-refractivity contribution in [2.45, 2.75) is 59.5 Å². The molecule has 1 N–H and O–H groups in total. The Balaban J connectivity index is 2.89. The summed E-state index contributed by atoms with van der Waals surface area (Å²) in [6, 6.07) is -0.809. The fourth-order valence-corrected chi connectivity index (χ4v) is 2.48. The van der Waals surface area contributed by atoms with Gasteiger partial charge in [0, 0.05) is 13.2 Å². The Hall–Kier alpha value is -1.10. The minimum absolute atomic E-state index is 0.00949. The molecule has 0 radical (unpaired) electrons. The van der Waals surface area contributed by atoms with Gasteiger partial charge in [0.1, 0.15) is 12.1 Å². The van der Waals surface area contributed by atoms with E-state index in [0.29, 0.717) is 26.2 Å². The van der Waals surface area contributed by atoms with E-state index in [9.17, 15) is 9.59 Å². The van der Waals surface area contributed by atoms with Gasteiger partial charge in [-0.15, -0.1) is 0 Å². The molecule has 2 atom stereocenters. The van der Waals surface area contributed by atoms with Gasteiger partial charge < -0.3 is 15.0 Å². The molecule has 5 nitrogen and oxygen atoms in total. The molecule has 1 fully saturated rings. The molecule has 0 aliphatic carbocycles. The summed E-state index contributed by atoms with van der Waals surface area (Å²) in [5, 5.41) is 2.89. The average Bonchev–Trinajstić information content (AvgIpc) is 2.35. The van der Waals surface area contributed by atoms with E-state index in [1.54, 1.807) is 4.90 Å². The SMILES string of the molecule is CCCC1C(=O)NC(C(C)(C)C)C(=O)N1CCOCC. The predicted octanol–water partition coefficient (Wildman–Crippen LogP) is 1.56. The molecule has 0 aromatic carbocycles. The Morgan fingerprint density at radius 2 is 1.90 bits per heavy atom. The zero-order chi connectivity index (χ0) is 15.3. The molecule has 1 saturated heterocycles. The molecule has 20 heavy (non-hydrogen) atoms. The first-order chi connectivity index (χ1) is 9.32. The minimum atomic E-state index is -0.454. The molecule has 5 heteroatoms. The van der Waals surface area contributed by atoms with Crippen LogP contribution in [0.2, 0.25) is 0 Å². The highest BCUT2D eigenvalue weighted by Gasteiger charge is 2.44. The van der Waals surface area contributed by atoms with Crippen molar-refractivity contribution in [3.63, 3.8) is 0 Å². The Kier molecular flexibility index (Phi) is 5.99. The van der Waals surface area contributed by atoms with E-state index in [2.05, 4.69) is 5.32 Å². The van der Waals surface area contributed by atoms with Crippen LogP contribution in [0.1, 0.15) is 47.5 Å². The maximum Gasteiger partial charge on any atom is 0.246 e. The molecule has 1 aliphatic rings. The number of hydrogen-bond donors (Lipinski definition) is 1. The lowest BCUT2D eigenvalue weighted by Crippen LogP contribution is -2.66. The van der Waals surface area contributed by atoms with Crippen molar-refractivity contribution in [1.29, 1.82) is 0 Å². The third-order valence-electron chi connectivity index (χ3n) is 3.60. The zero-order valence-electron chi connectivity index (χ0n) is 13.4. The maximum atomic E-state index is 12.7. The van der Waals surface area contributed by atoms with Crippen LogP contribution in [-0.4, -0.2) is 48.6 Å². The summed E-state index contributed by atoms with van der Waals surface area (Å²) in [6.07, 6.45) is 1.57. The first-order valence-electron chi connectivity index (χ1n) is 7.51. The van der Waals surface area contributed by atoms with Gasteiger partial charge in [0.25, 0.3) is 0 Å². The molecule has 1 heterocycles. The average molecular weight is 284 g/mol. The number of ether oxygens (including phenoxy) is 1. The van der Waals surface area contributed by atoms with Gasteiger partial charge in [0.2, 0.25) is 11.8 Å². The highest BCUT2D eigenvalue weighted by Crippen LogP contribution is 2.26. The van der Waals surface area contributed by atoms with Crippen LogP contribution in [0.3, 0.4) is 0 Å². The summed E-state index contributed by atoms with van der Waals surface area (Å²) < 4.78 is 5.34. The number of carbonyl (C=O) groups excluding carboxylic acids is 2. The highest BCUT2D eigenvalue weighted by molar-refractivity contribution is 5.97. The molecule has 0 spiro atoms. The summed E-state index contributed by atoms with van der Waals surface area (Å²) in [5.74, 6) is -0.0295. The van der Waals surface area contributed by atoms with Crippen molar-refractivity contribution in [3.8, 4) is 0 Å². The topological polar surface area (TPSA) is 58.6 Å². The summed E-state index contributed by atoms with van der Waals surface area (Å²) in [6.45, 7) is 11.4. The molecule has 2 unspecified atom stereocenters. The molecule has 0 saturated carbocycles. The van der Waals surface area contributed by atoms with E-state index in [-0.39, 0.29) is 23.3 Å². The van der Waals surface area contributed by atoms with Crippen LogP contribution in [0.15, 0.2) is 0 Å².